The Labute approximate surface area is 104 Å². The number of alkyl halides is 2. The third kappa shape index (κ3) is 3.16. The molecule has 1 aromatic carbocycles. The van der Waals surface area contributed by atoms with Crippen molar-refractivity contribution in [3.8, 4) is 5.75 Å². The van der Waals surface area contributed by atoms with Crippen LogP contribution < -0.4 is 15.8 Å². The molecular formula is C12H16F2N2O2. The van der Waals surface area contributed by atoms with Gasteiger partial charge in [0.1, 0.15) is 11.3 Å². The van der Waals surface area contributed by atoms with Gasteiger partial charge < -0.3 is 15.8 Å². The zero-order valence-corrected chi connectivity index (χ0v) is 10.2. The van der Waals surface area contributed by atoms with Gasteiger partial charge in [0.25, 0.3) is 0 Å². The van der Waals surface area contributed by atoms with Crippen LogP contribution >= 0.6 is 0 Å². The Kier molecular flexibility index (Phi) is 4.61. The number of halogens is 2. The highest BCUT2D eigenvalue weighted by molar-refractivity contribution is 5.85. The van der Waals surface area contributed by atoms with E-state index in [4.69, 9.17) is 5.73 Å². The third-order valence-corrected chi connectivity index (χ3v) is 2.66. The minimum atomic E-state index is -2.90. The largest absolute Gasteiger partial charge is 0.435 e. The molecule has 18 heavy (non-hydrogen) atoms. The van der Waals surface area contributed by atoms with Gasteiger partial charge in [-0.05, 0) is 31.2 Å². The first-order valence-corrected chi connectivity index (χ1v) is 5.50. The van der Waals surface area contributed by atoms with E-state index in [9.17, 15) is 13.6 Å². The summed E-state index contributed by atoms with van der Waals surface area (Å²) in [6.07, 6.45) is 0. The van der Waals surface area contributed by atoms with Gasteiger partial charge in [-0.15, -0.1) is 0 Å². The minimum absolute atomic E-state index is 0.00659. The molecule has 1 atom stereocenters. The molecule has 4 nitrogen and oxygen atoms in total. The number of hydrogen-bond donors (Lipinski definition) is 2. The Hall–Kier alpha value is -1.69. The van der Waals surface area contributed by atoms with Gasteiger partial charge in [0.2, 0.25) is 5.91 Å². The molecule has 0 aromatic heterocycles. The van der Waals surface area contributed by atoms with Crippen LogP contribution in [0.5, 0.6) is 5.75 Å². The van der Waals surface area contributed by atoms with Gasteiger partial charge in [-0.1, -0.05) is 19.1 Å². The summed E-state index contributed by atoms with van der Waals surface area (Å²) in [5, 5.41) is 2.94. The molecule has 0 aliphatic rings. The summed E-state index contributed by atoms with van der Waals surface area (Å²) in [7, 11) is 0. The van der Waals surface area contributed by atoms with Crippen LogP contribution in [0.4, 0.5) is 8.78 Å². The number of rotatable bonds is 6. The normalized spacial score (nSPS) is 14.3. The van der Waals surface area contributed by atoms with Crippen molar-refractivity contribution < 1.29 is 18.3 Å². The summed E-state index contributed by atoms with van der Waals surface area (Å²) in [5.41, 5.74) is 4.72. The zero-order chi connectivity index (χ0) is 13.8. The molecule has 6 heteroatoms. The minimum Gasteiger partial charge on any atom is -0.435 e. The van der Waals surface area contributed by atoms with Crippen molar-refractivity contribution in [3.63, 3.8) is 0 Å². The molecule has 100 valence electrons. The lowest BCUT2D eigenvalue weighted by Gasteiger charge is -2.27. The van der Waals surface area contributed by atoms with E-state index in [1.54, 1.807) is 13.0 Å². The molecular weight excluding hydrogens is 242 g/mol. The standard InChI is InChI=1S/C12H16F2N2O2/c1-3-16-12(2,10(15)17)8-5-4-6-9(7-8)18-11(13)14/h4-7,11,16H,3H2,1-2H3,(H2,15,17). The van der Waals surface area contributed by atoms with Gasteiger partial charge in [0.05, 0.1) is 0 Å². The van der Waals surface area contributed by atoms with Crippen molar-refractivity contribution in [3.05, 3.63) is 29.8 Å². The van der Waals surface area contributed by atoms with E-state index in [0.29, 0.717) is 12.1 Å². The van der Waals surface area contributed by atoms with Gasteiger partial charge in [0.15, 0.2) is 0 Å². The van der Waals surface area contributed by atoms with Crippen molar-refractivity contribution in [1.29, 1.82) is 0 Å². The predicted octanol–water partition coefficient (Wildman–Crippen LogP) is 1.60. The molecule has 1 unspecified atom stereocenters. The van der Waals surface area contributed by atoms with E-state index in [-0.39, 0.29) is 5.75 Å². The Balaban J connectivity index is 3.09. The Morgan fingerprint density at radius 3 is 2.72 bits per heavy atom. The van der Waals surface area contributed by atoms with E-state index in [1.807, 2.05) is 6.92 Å². The Morgan fingerprint density at radius 1 is 1.56 bits per heavy atom. The van der Waals surface area contributed by atoms with Gasteiger partial charge >= 0.3 is 6.61 Å². The average molecular weight is 258 g/mol. The van der Waals surface area contributed by atoms with E-state index >= 15 is 0 Å². The van der Waals surface area contributed by atoms with Crippen LogP contribution in [0.15, 0.2) is 24.3 Å². The predicted molar refractivity (Wildman–Crippen MR) is 63.3 cm³/mol. The Bertz CT molecular complexity index is 426. The lowest BCUT2D eigenvalue weighted by atomic mass is 9.91. The maximum atomic E-state index is 12.1. The number of amides is 1. The fourth-order valence-electron chi connectivity index (χ4n) is 1.67. The molecule has 0 saturated heterocycles. The van der Waals surface area contributed by atoms with Crippen molar-refractivity contribution >= 4 is 5.91 Å². The summed E-state index contributed by atoms with van der Waals surface area (Å²) in [5.74, 6) is -0.591. The number of likely N-dealkylation sites (N-methyl/N-ethyl adjacent to an activating group) is 1. The molecule has 1 aromatic rings. The Morgan fingerprint density at radius 2 is 2.22 bits per heavy atom. The highest BCUT2D eigenvalue weighted by atomic mass is 19.3. The van der Waals surface area contributed by atoms with Crippen molar-refractivity contribution in [2.24, 2.45) is 5.73 Å². The lowest BCUT2D eigenvalue weighted by molar-refractivity contribution is -0.124. The zero-order valence-electron chi connectivity index (χ0n) is 10.2. The smallest absolute Gasteiger partial charge is 0.387 e. The van der Waals surface area contributed by atoms with Crippen LogP contribution in [0.25, 0.3) is 0 Å². The first-order chi connectivity index (χ1) is 8.40. The third-order valence-electron chi connectivity index (χ3n) is 2.66. The summed E-state index contributed by atoms with van der Waals surface area (Å²) in [6.45, 7) is 1.03. The van der Waals surface area contributed by atoms with Crippen LogP contribution in [0.1, 0.15) is 19.4 Å². The first kappa shape index (κ1) is 14.4. The second kappa shape index (κ2) is 5.77. The van der Waals surface area contributed by atoms with Crippen LogP contribution in [0, 0.1) is 0 Å². The number of ether oxygens (including phenoxy) is 1. The van der Waals surface area contributed by atoms with Gasteiger partial charge in [-0.2, -0.15) is 8.78 Å². The fraction of sp³-hybridized carbons (Fsp3) is 0.417. The molecule has 0 heterocycles. The number of carbonyl (C=O) groups excluding carboxylic acids is 1. The van der Waals surface area contributed by atoms with E-state index in [2.05, 4.69) is 10.1 Å². The molecule has 1 amide bonds. The number of nitrogens with two attached hydrogens (primary N) is 1. The van der Waals surface area contributed by atoms with Crippen LogP contribution in [-0.4, -0.2) is 19.1 Å². The summed E-state index contributed by atoms with van der Waals surface area (Å²) < 4.78 is 28.5. The monoisotopic (exact) mass is 258 g/mol. The highest BCUT2D eigenvalue weighted by Crippen LogP contribution is 2.25. The van der Waals surface area contributed by atoms with Crippen LogP contribution in [0.3, 0.4) is 0 Å². The molecule has 1 rings (SSSR count). The van der Waals surface area contributed by atoms with E-state index in [1.165, 1.54) is 18.2 Å². The topological polar surface area (TPSA) is 64.3 Å². The summed E-state index contributed by atoms with van der Waals surface area (Å²) in [4.78, 5) is 11.5. The first-order valence-electron chi connectivity index (χ1n) is 5.50. The summed E-state index contributed by atoms with van der Waals surface area (Å²) >= 11 is 0. The van der Waals surface area contributed by atoms with Crippen LogP contribution in [-0.2, 0) is 10.3 Å². The van der Waals surface area contributed by atoms with Crippen LogP contribution in [0.2, 0.25) is 0 Å². The van der Waals surface area contributed by atoms with E-state index < -0.39 is 18.1 Å². The maximum absolute atomic E-state index is 12.1. The number of primary amides is 1. The number of benzene rings is 1. The highest BCUT2D eigenvalue weighted by Gasteiger charge is 2.32. The van der Waals surface area contributed by atoms with Gasteiger partial charge in [-0.3, -0.25) is 4.79 Å². The molecule has 3 N–H and O–H groups in total. The van der Waals surface area contributed by atoms with E-state index in [0.717, 1.165) is 0 Å². The average Bonchev–Trinajstić information content (AvgIpc) is 2.28. The van der Waals surface area contributed by atoms with Gasteiger partial charge in [-0.25, -0.2) is 0 Å². The number of nitrogens with one attached hydrogen (secondary N) is 1. The van der Waals surface area contributed by atoms with Crippen molar-refractivity contribution in [1.82, 2.24) is 5.32 Å². The number of hydrogen-bond acceptors (Lipinski definition) is 3. The molecule has 0 spiro atoms. The molecule has 0 aliphatic carbocycles. The molecule has 0 fully saturated rings. The van der Waals surface area contributed by atoms with Crippen molar-refractivity contribution in [2.45, 2.75) is 26.0 Å². The number of carbonyl (C=O) groups is 1. The molecule has 0 aliphatic heterocycles. The van der Waals surface area contributed by atoms with Crippen molar-refractivity contribution in [2.75, 3.05) is 6.54 Å². The maximum Gasteiger partial charge on any atom is 0.387 e. The molecule has 0 bridgehead atoms. The second-order valence-corrected chi connectivity index (χ2v) is 3.93. The quantitative estimate of drug-likeness (QED) is 0.814. The summed E-state index contributed by atoms with van der Waals surface area (Å²) in [6, 6.07) is 5.93. The van der Waals surface area contributed by atoms with Gasteiger partial charge in [0, 0.05) is 0 Å². The fourth-order valence-corrected chi connectivity index (χ4v) is 1.67. The molecule has 0 radical (unpaired) electrons. The second-order valence-electron chi connectivity index (χ2n) is 3.93. The molecule has 0 saturated carbocycles. The SMILES string of the molecule is CCNC(C)(C(N)=O)c1cccc(OC(F)F)c1. The lowest BCUT2D eigenvalue weighted by Crippen LogP contribution is -2.50.